The van der Waals surface area contributed by atoms with Gasteiger partial charge in [0.2, 0.25) is 0 Å². The van der Waals surface area contributed by atoms with Crippen LogP contribution >= 0.6 is 0 Å². The number of hydrogen-bond donors (Lipinski definition) is 2. The maximum Gasteiger partial charge on any atom is 0.307 e. The van der Waals surface area contributed by atoms with Crippen LogP contribution in [0, 0.1) is 17.8 Å². The van der Waals surface area contributed by atoms with Crippen LogP contribution in [-0.2, 0) is 11.3 Å². The highest BCUT2D eigenvalue weighted by Crippen LogP contribution is 2.25. The molecule has 1 atom stereocenters. The van der Waals surface area contributed by atoms with Gasteiger partial charge in [0.25, 0.3) is 0 Å². The molecule has 25 heavy (non-hydrogen) atoms. The van der Waals surface area contributed by atoms with E-state index < -0.39 is 5.97 Å². The van der Waals surface area contributed by atoms with Gasteiger partial charge in [0.15, 0.2) is 0 Å². The van der Waals surface area contributed by atoms with Crippen molar-refractivity contribution in [2.45, 2.75) is 58.9 Å². The topological polar surface area (TPSA) is 58.6 Å². The Morgan fingerprint density at radius 3 is 2.72 bits per heavy atom. The first-order chi connectivity index (χ1) is 12.0. The zero-order valence-electron chi connectivity index (χ0n) is 15.7. The minimum atomic E-state index is -0.717. The summed E-state index contributed by atoms with van der Waals surface area (Å²) in [5, 5.41) is 12.6. The lowest BCUT2D eigenvalue weighted by molar-refractivity contribution is -0.142. The molecule has 0 amide bonds. The van der Waals surface area contributed by atoms with E-state index in [9.17, 15) is 9.90 Å². The van der Waals surface area contributed by atoms with E-state index in [0.717, 1.165) is 17.9 Å². The fourth-order valence-corrected chi connectivity index (χ4v) is 3.54. The van der Waals surface area contributed by atoms with Crippen LogP contribution in [0.5, 0.6) is 5.75 Å². The van der Waals surface area contributed by atoms with Gasteiger partial charge in [-0.1, -0.05) is 45.2 Å². The van der Waals surface area contributed by atoms with Gasteiger partial charge in [0, 0.05) is 13.1 Å². The van der Waals surface area contributed by atoms with E-state index in [1.807, 2.05) is 12.1 Å². The number of carboxylic acids is 1. The van der Waals surface area contributed by atoms with Crippen LogP contribution in [0.4, 0.5) is 0 Å². The van der Waals surface area contributed by atoms with E-state index in [2.05, 4.69) is 31.3 Å². The van der Waals surface area contributed by atoms with Gasteiger partial charge in [0.1, 0.15) is 5.75 Å². The van der Waals surface area contributed by atoms with Crippen LogP contribution in [0.2, 0.25) is 0 Å². The quantitative estimate of drug-likeness (QED) is 0.655. The number of carboxylic acid groups (broad SMARTS) is 1. The summed E-state index contributed by atoms with van der Waals surface area (Å²) in [4.78, 5) is 11.3. The van der Waals surface area contributed by atoms with Gasteiger partial charge in [-0.15, -0.1) is 0 Å². The Labute approximate surface area is 152 Å². The SMILES string of the molecule is CC(C)CC(CNCc1cccc(OCC2CCCCC2)c1)C(=O)O. The maximum absolute atomic E-state index is 11.3. The number of carbonyl (C=O) groups is 1. The summed E-state index contributed by atoms with van der Waals surface area (Å²) in [5.74, 6) is 0.959. The number of rotatable bonds is 10. The Hall–Kier alpha value is -1.55. The molecular weight excluding hydrogens is 314 g/mol. The molecule has 1 unspecified atom stereocenters. The molecule has 0 heterocycles. The highest BCUT2D eigenvalue weighted by molar-refractivity contribution is 5.70. The Bertz CT molecular complexity index is 524. The summed E-state index contributed by atoms with van der Waals surface area (Å²) in [6.45, 7) is 6.10. The van der Waals surface area contributed by atoms with Gasteiger partial charge in [-0.05, 0) is 48.8 Å². The molecule has 4 nitrogen and oxygen atoms in total. The minimum absolute atomic E-state index is 0.328. The molecule has 0 aromatic heterocycles. The lowest BCUT2D eigenvalue weighted by atomic mass is 9.90. The molecule has 0 saturated heterocycles. The van der Waals surface area contributed by atoms with E-state index in [1.165, 1.54) is 32.1 Å². The highest BCUT2D eigenvalue weighted by Gasteiger charge is 2.18. The van der Waals surface area contributed by atoms with Gasteiger partial charge in [-0.25, -0.2) is 0 Å². The van der Waals surface area contributed by atoms with Gasteiger partial charge >= 0.3 is 5.97 Å². The van der Waals surface area contributed by atoms with Gasteiger partial charge in [-0.3, -0.25) is 4.79 Å². The smallest absolute Gasteiger partial charge is 0.307 e. The van der Waals surface area contributed by atoms with Crippen molar-refractivity contribution in [3.8, 4) is 5.75 Å². The average molecular weight is 347 g/mol. The van der Waals surface area contributed by atoms with E-state index in [1.54, 1.807) is 0 Å². The second-order valence-electron chi connectivity index (χ2n) is 7.76. The second-order valence-corrected chi connectivity index (χ2v) is 7.76. The number of benzene rings is 1. The molecule has 2 rings (SSSR count). The van der Waals surface area contributed by atoms with E-state index >= 15 is 0 Å². The third-order valence-electron chi connectivity index (χ3n) is 4.93. The predicted molar refractivity (Wildman–Crippen MR) is 101 cm³/mol. The lowest BCUT2D eigenvalue weighted by Gasteiger charge is -2.21. The van der Waals surface area contributed by atoms with Crippen molar-refractivity contribution in [1.29, 1.82) is 0 Å². The van der Waals surface area contributed by atoms with E-state index in [4.69, 9.17) is 4.74 Å². The third kappa shape index (κ3) is 7.47. The average Bonchev–Trinajstić information content (AvgIpc) is 2.60. The van der Waals surface area contributed by atoms with Crippen LogP contribution in [0.25, 0.3) is 0 Å². The van der Waals surface area contributed by atoms with Gasteiger partial charge in [-0.2, -0.15) is 0 Å². The summed E-state index contributed by atoms with van der Waals surface area (Å²) in [5.41, 5.74) is 1.13. The summed E-state index contributed by atoms with van der Waals surface area (Å²) in [6.07, 6.45) is 7.30. The largest absolute Gasteiger partial charge is 0.493 e. The Balaban J connectivity index is 1.77. The molecular formula is C21H33NO3. The molecule has 0 aliphatic heterocycles. The number of ether oxygens (including phenoxy) is 1. The minimum Gasteiger partial charge on any atom is -0.493 e. The van der Waals surface area contributed by atoms with Crippen molar-refractivity contribution in [3.05, 3.63) is 29.8 Å². The Morgan fingerprint density at radius 1 is 1.28 bits per heavy atom. The standard InChI is InChI=1S/C21H33NO3/c1-16(2)11-19(21(23)24)14-22-13-18-9-6-10-20(12-18)25-15-17-7-4-3-5-8-17/h6,9-10,12,16-17,19,22H,3-5,7-8,11,13-15H2,1-2H3,(H,23,24). The Kier molecular flexibility index (Phi) is 8.26. The van der Waals surface area contributed by atoms with Crippen molar-refractivity contribution in [2.75, 3.05) is 13.2 Å². The van der Waals surface area contributed by atoms with E-state index in [-0.39, 0.29) is 5.92 Å². The fourth-order valence-electron chi connectivity index (χ4n) is 3.54. The normalized spacial score (nSPS) is 16.8. The van der Waals surface area contributed by atoms with E-state index in [0.29, 0.717) is 31.3 Å². The van der Waals surface area contributed by atoms with Crippen molar-refractivity contribution in [2.24, 2.45) is 17.8 Å². The number of hydrogen-bond acceptors (Lipinski definition) is 3. The zero-order valence-corrected chi connectivity index (χ0v) is 15.7. The predicted octanol–water partition coefficient (Wildman–Crippen LogP) is 4.48. The van der Waals surface area contributed by atoms with Crippen molar-refractivity contribution < 1.29 is 14.6 Å². The van der Waals surface area contributed by atoms with Gasteiger partial charge < -0.3 is 15.2 Å². The maximum atomic E-state index is 11.3. The lowest BCUT2D eigenvalue weighted by Crippen LogP contribution is -2.29. The van der Waals surface area contributed by atoms with Crippen LogP contribution in [0.3, 0.4) is 0 Å². The molecule has 1 aliphatic carbocycles. The van der Waals surface area contributed by atoms with Gasteiger partial charge in [0.05, 0.1) is 12.5 Å². The molecule has 0 bridgehead atoms. The summed E-state index contributed by atoms with van der Waals surface area (Å²) in [6, 6.07) is 8.13. The highest BCUT2D eigenvalue weighted by atomic mass is 16.5. The third-order valence-corrected chi connectivity index (χ3v) is 4.93. The summed E-state index contributed by atoms with van der Waals surface area (Å²) < 4.78 is 5.98. The van der Waals surface area contributed by atoms with Crippen LogP contribution in [-0.4, -0.2) is 24.2 Å². The number of aliphatic carboxylic acids is 1. The second kappa shape index (κ2) is 10.4. The molecule has 1 aromatic rings. The summed E-state index contributed by atoms with van der Waals surface area (Å²) >= 11 is 0. The molecule has 4 heteroatoms. The van der Waals surface area contributed by atoms with Crippen molar-refractivity contribution in [1.82, 2.24) is 5.32 Å². The fraction of sp³-hybridized carbons (Fsp3) is 0.667. The molecule has 1 fully saturated rings. The molecule has 0 spiro atoms. The first kappa shape index (κ1) is 19.8. The van der Waals surface area contributed by atoms with Crippen molar-refractivity contribution >= 4 is 5.97 Å². The molecule has 1 aliphatic rings. The monoisotopic (exact) mass is 347 g/mol. The first-order valence-corrected chi connectivity index (χ1v) is 9.70. The number of nitrogens with one attached hydrogen (secondary N) is 1. The van der Waals surface area contributed by atoms with Crippen LogP contribution in [0.1, 0.15) is 57.9 Å². The van der Waals surface area contributed by atoms with Crippen molar-refractivity contribution in [3.63, 3.8) is 0 Å². The molecule has 140 valence electrons. The first-order valence-electron chi connectivity index (χ1n) is 9.70. The molecule has 0 radical (unpaired) electrons. The Morgan fingerprint density at radius 2 is 2.04 bits per heavy atom. The zero-order chi connectivity index (χ0) is 18.1. The molecule has 2 N–H and O–H groups in total. The van der Waals surface area contributed by atoms with Crippen LogP contribution < -0.4 is 10.1 Å². The molecule has 1 aromatic carbocycles. The summed E-state index contributed by atoms with van der Waals surface area (Å²) in [7, 11) is 0. The van der Waals surface area contributed by atoms with Crippen LogP contribution in [0.15, 0.2) is 24.3 Å². The molecule has 1 saturated carbocycles.